The monoisotopic (exact) mass is 196 g/mol. The Morgan fingerprint density at radius 3 is 2.79 bits per heavy atom. The summed E-state index contributed by atoms with van der Waals surface area (Å²) in [7, 11) is 0. The predicted octanol–water partition coefficient (Wildman–Crippen LogP) is 0.160. The summed E-state index contributed by atoms with van der Waals surface area (Å²) in [5, 5.41) is 18.0. The highest BCUT2D eigenvalue weighted by molar-refractivity contribution is 5.87. The molecule has 2 atom stereocenters. The summed E-state index contributed by atoms with van der Waals surface area (Å²) < 4.78 is 0. The lowest BCUT2D eigenvalue weighted by molar-refractivity contribution is 0.0686. The minimum atomic E-state index is -1.14. The fraction of sp³-hybridized carbons (Fsp3) is 0.333. The second-order valence-electron chi connectivity index (χ2n) is 3.01. The van der Waals surface area contributed by atoms with Crippen LogP contribution in [-0.2, 0) is 0 Å². The van der Waals surface area contributed by atoms with E-state index >= 15 is 0 Å². The van der Waals surface area contributed by atoms with Crippen molar-refractivity contribution in [3.05, 3.63) is 29.6 Å². The van der Waals surface area contributed by atoms with Crippen LogP contribution >= 0.6 is 0 Å². The fourth-order valence-electron chi connectivity index (χ4n) is 1.13. The molecule has 14 heavy (non-hydrogen) atoms. The Kier molecular flexibility index (Phi) is 3.16. The van der Waals surface area contributed by atoms with Gasteiger partial charge < -0.3 is 15.9 Å². The van der Waals surface area contributed by atoms with Crippen molar-refractivity contribution in [1.29, 1.82) is 0 Å². The Bertz CT molecular complexity index is 339. The van der Waals surface area contributed by atoms with E-state index in [0.29, 0.717) is 5.56 Å². The van der Waals surface area contributed by atoms with E-state index in [1.54, 1.807) is 12.1 Å². The lowest BCUT2D eigenvalue weighted by atomic mass is 10.0. The third kappa shape index (κ3) is 2.07. The van der Waals surface area contributed by atoms with Gasteiger partial charge in [0.05, 0.1) is 12.1 Å². The van der Waals surface area contributed by atoms with E-state index in [0.717, 1.165) is 0 Å². The van der Waals surface area contributed by atoms with E-state index in [1.165, 1.54) is 13.1 Å². The van der Waals surface area contributed by atoms with Crippen LogP contribution < -0.4 is 5.73 Å². The number of aromatic carboxylic acids is 1. The zero-order valence-corrected chi connectivity index (χ0v) is 7.71. The van der Waals surface area contributed by atoms with Gasteiger partial charge in [0, 0.05) is 11.8 Å². The summed E-state index contributed by atoms with van der Waals surface area (Å²) >= 11 is 0. The van der Waals surface area contributed by atoms with Crippen molar-refractivity contribution in [3.8, 4) is 0 Å². The SMILES string of the molecule is C[C@@H](O)[C@@H](N)c1cccnc1C(=O)O. The maximum atomic E-state index is 10.7. The maximum absolute atomic E-state index is 10.7. The van der Waals surface area contributed by atoms with Crippen molar-refractivity contribution in [2.24, 2.45) is 5.73 Å². The van der Waals surface area contributed by atoms with Gasteiger partial charge in [-0.2, -0.15) is 0 Å². The number of carboxylic acid groups (broad SMARTS) is 1. The van der Waals surface area contributed by atoms with E-state index in [2.05, 4.69) is 4.98 Å². The number of aromatic nitrogens is 1. The van der Waals surface area contributed by atoms with Crippen molar-refractivity contribution >= 4 is 5.97 Å². The molecule has 1 aromatic rings. The van der Waals surface area contributed by atoms with Crippen LogP contribution in [0.3, 0.4) is 0 Å². The molecule has 1 aromatic heterocycles. The lowest BCUT2D eigenvalue weighted by Crippen LogP contribution is -2.25. The molecule has 0 saturated carbocycles. The molecule has 5 heteroatoms. The van der Waals surface area contributed by atoms with E-state index in [9.17, 15) is 9.90 Å². The van der Waals surface area contributed by atoms with Crippen LogP contribution in [0.4, 0.5) is 0 Å². The predicted molar refractivity (Wildman–Crippen MR) is 49.8 cm³/mol. The molecule has 0 aliphatic carbocycles. The third-order valence-corrected chi connectivity index (χ3v) is 1.92. The number of pyridine rings is 1. The summed E-state index contributed by atoms with van der Waals surface area (Å²) in [5.74, 6) is -1.14. The van der Waals surface area contributed by atoms with Crippen LogP contribution in [0.2, 0.25) is 0 Å². The molecule has 0 saturated heterocycles. The molecule has 0 fully saturated rings. The topological polar surface area (TPSA) is 96.4 Å². The zero-order chi connectivity index (χ0) is 10.7. The van der Waals surface area contributed by atoms with Crippen LogP contribution in [0.1, 0.15) is 29.0 Å². The molecule has 4 N–H and O–H groups in total. The highest BCUT2D eigenvalue weighted by atomic mass is 16.4. The highest BCUT2D eigenvalue weighted by Crippen LogP contribution is 2.16. The molecule has 0 amide bonds. The van der Waals surface area contributed by atoms with Gasteiger partial charge in [-0.05, 0) is 13.0 Å². The maximum Gasteiger partial charge on any atom is 0.354 e. The summed E-state index contributed by atoms with van der Waals surface area (Å²) in [6.07, 6.45) is 0.569. The fourth-order valence-corrected chi connectivity index (χ4v) is 1.13. The summed E-state index contributed by atoms with van der Waals surface area (Å²) in [6, 6.07) is 2.41. The summed E-state index contributed by atoms with van der Waals surface area (Å²) in [4.78, 5) is 14.4. The van der Waals surface area contributed by atoms with Crippen LogP contribution in [-0.4, -0.2) is 27.3 Å². The molecule has 0 spiro atoms. The summed E-state index contributed by atoms with van der Waals surface area (Å²) in [6.45, 7) is 1.50. The van der Waals surface area contributed by atoms with E-state index in [4.69, 9.17) is 10.8 Å². The van der Waals surface area contributed by atoms with Gasteiger partial charge in [0.15, 0.2) is 5.69 Å². The number of aliphatic hydroxyl groups excluding tert-OH is 1. The number of carbonyl (C=O) groups is 1. The normalized spacial score (nSPS) is 14.8. The highest BCUT2D eigenvalue weighted by Gasteiger charge is 2.19. The number of nitrogens with two attached hydrogens (primary N) is 1. The standard InChI is InChI=1S/C9H12N2O3/c1-5(12)7(10)6-3-2-4-11-8(6)9(13)14/h2-5,7,12H,10H2,1H3,(H,13,14)/t5-,7-/m1/s1. The second-order valence-corrected chi connectivity index (χ2v) is 3.01. The molecule has 5 nitrogen and oxygen atoms in total. The van der Waals surface area contributed by atoms with E-state index in [-0.39, 0.29) is 5.69 Å². The van der Waals surface area contributed by atoms with Gasteiger partial charge >= 0.3 is 5.97 Å². The second kappa shape index (κ2) is 4.17. The van der Waals surface area contributed by atoms with E-state index in [1.807, 2.05) is 0 Å². The first-order valence-electron chi connectivity index (χ1n) is 4.16. The first kappa shape index (κ1) is 10.6. The summed E-state index contributed by atoms with van der Waals surface area (Å²) in [5.41, 5.74) is 5.86. The number of aliphatic hydroxyl groups is 1. The Labute approximate surface area is 81.2 Å². The molecule has 0 aliphatic rings. The third-order valence-electron chi connectivity index (χ3n) is 1.92. The molecule has 0 radical (unpaired) electrons. The molecule has 0 aromatic carbocycles. The molecule has 1 heterocycles. The molecule has 0 unspecified atom stereocenters. The Morgan fingerprint density at radius 2 is 2.29 bits per heavy atom. The van der Waals surface area contributed by atoms with Crippen molar-refractivity contribution < 1.29 is 15.0 Å². The Morgan fingerprint density at radius 1 is 1.64 bits per heavy atom. The van der Waals surface area contributed by atoms with Gasteiger partial charge in [-0.25, -0.2) is 9.78 Å². The van der Waals surface area contributed by atoms with Gasteiger partial charge in [-0.3, -0.25) is 0 Å². The van der Waals surface area contributed by atoms with Crippen LogP contribution in [0, 0.1) is 0 Å². The lowest BCUT2D eigenvalue weighted by Gasteiger charge is -2.16. The van der Waals surface area contributed by atoms with Gasteiger partial charge in [0.1, 0.15) is 0 Å². The van der Waals surface area contributed by atoms with Gasteiger partial charge in [-0.15, -0.1) is 0 Å². The quantitative estimate of drug-likeness (QED) is 0.639. The number of hydrogen-bond acceptors (Lipinski definition) is 4. The van der Waals surface area contributed by atoms with Crippen LogP contribution in [0.5, 0.6) is 0 Å². The minimum Gasteiger partial charge on any atom is -0.477 e. The average Bonchev–Trinajstić information content (AvgIpc) is 2.16. The molecule has 76 valence electrons. The first-order valence-corrected chi connectivity index (χ1v) is 4.16. The number of nitrogens with zero attached hydrogens (tertiary/aromatic N) is 1. The van der Waals surface area contributed by atoms with Crippen LogP contribution in [0.25, 0.3) is 0 Å². The molecular weight excluding hydrogens is 184 g/mol. The molecule has 0 aliphatic heterocycles. The van der Waals surface area contributed by atoms with Gasteiger partial charge in [0.2, 0.25) is 0 Å². The van der Waals surface area contributed by atoms with Crippen molar-refractivity contribution in [1.82, 2.24) is 4.98 Å². The molecule has 0 bridgehead atoms. The van der Waals surface area contributed by atoms with Gasteiger partial charge in [-0.1, -0.05) is 6.07 Å². The largest absolute Gasteiger partial charge is 0.477 e. The van der Waals surface area contributed by atoms with Crippen molar-refractivity contribution in [2.75, 3.05) is 0 Å². The van der Waals surface area contributed by atoms with E-state index < -0.39 is 18.1 Å². The minimum absolute atomic E-state index is 0.110. The smallest absolute Gasteiger partial charge is 0.354 e. The Hall–Kier alpha value is -1.46. The first-order chi connectivity index (χ1) is 6.54. The number of rotatable bonds is 3. The number of hydrogen-bond donors (Lipinski definition) is 3. The van der Waals surface area contributed by atoms with Crippen molar-refractivity contribution in [3.63, 3.8) is 0 Å². The zero-order valence-electron chi connectivity index (χ0n) is 7.71. The molecular formula is C9H12N2O3. The van der Waals surface area contributed by atoms with Crippen LogP contribution in [0.15, 0.2) is 18.3 Å². The average molecular weight is 196 g/mol. The van der Waals surface area contributed by atoms with Gasteiger partial charge in [0.25, 0.3) is 0 Å². The van der Waals surface area contributed by atoms with Crippen molar-refractivity contribution in [2.45, 2.75) is 19.1 Å². The number of carboxylic acids is 1. The molecule has 1 rings (SSSR count). The Balaban J connectivity index is 3.13.